The zero-order valence-corrected chi connectivity index (χ0v) is 12.8. The van der Waals surface area contributed by atoms with Gasteiger partial charge in [-0.1, -0.05) is 41.9 Å². The van der Waals surface area contributed by atoms with Crippen LogP contribution in [0.1, 0.15) is 12.0 Å². The second-order valence-electron chi connectivity index (χ2n) is 4.38. The molecule has 110 valence electrons. The maximum absolute atomic E-state index is 11.9. The van der Waals surface area contributed by atoms with Crippen molar-refractivity contribution in [1.29, 1.82) is 0 Å². The Hall–Kier alpha value is -1.85. The van der Waals surface area contributed by atoms with Crippen molar-refractivity contribution in [2.75, 3.05) is 0 Å². The Morgan fingerprint density at radius 2 is 1.71 bits per heavy atom. The van der Waals surface area contributed by atoms with Gasteiger partial charge in [-0.15, -0.1) is 0 Å². The number of aryl methyl sites for hydroxylation is 1. The Morgan fingerprint density at radius 1 is 1.05 bits per heavy atom. The van der Waals surface area contributed by atoms with E-state index in [1.807, 2.05) is 30.3 Å². The number of rotatable bonds is 6. The molecule has 0 unspecified atom stereocenters. The van der Waals surface area contributed by atoms with Gasteiger partial charge in [0.25, 0.3) is 10.0 Å². The van der Waals surface area contributed by atoms with E-state index in [1.54, 1.807) is 6.21 Å². The number of benzene rings is 2. The molecule has 2 rings (SSSR count). The summed E-state index contributed by atoms with van der Waals surface area (Å²) in [7, 11) is -3.63. The maximum atomic E-state index is 11.9. The lowest BCUT2D eigenvalue weighted by Gasteiger charge is -2.03. The first-order chi connectivity index (χ1) is 10.1. The van der Waals surface area contributed by atoms with Crippen LogP contribution in [-0.4, -0.2) is 14.6 Å². The molecule has 0 aliphatic rings. The van der Waals surface area contributed by atoms with Crippen molar-refractivity contribution in [3.63, 3.8) is 0 Å². The van der Waals surface area contributed by atoms with E-state index in [9.17, 15) is 8.42 Å². The molecule has 0 amide bonds. The van der Waals surface area contributed by atoms with Gasteiger partial charge in [0.15, 0.2) is 0 Å². The number of nitrogens with one attached hydrogen (secondary N) is 1. The molecule has 0 heterocycles. The molecule has 6 heteroatoms. The highest BCUT2D eigenvalue weighted by molar-refractivity contribution is 7.89. The largest absolute Gasteiger partial charge is 0.276 e. The molecule has 0 aliphatic carbocycles. The van der Waals surface area contributed by atoms with Crippen LogP contribution in [0.5, 0.6) is 0 Å². The van der Waals surface area contributed by atoms with Crippen molar-refractivity contribution in [1.82, 2.24) is 4.83 Å². The lowest BCUT2D eigenvalue weighted by Crippen LogP contribution is -2.18. The fourth-order valence-corrected chi connectivity index (χ4v) is 2.65. The van der Waals surface area contributed by atoms with Gasteiger partial charge in [-0.25, -0.2) is 4.83 Å². The van der Waals surface area contributed by atoms with Crippen LogP contribution >= 0.6 is 11.6 Å². The summed E-state index contributed by atoms with van der Waals surface area (Å²) in [5.41, 5.74) is 1.18. The van der Waals surface area contributed by atoms with Crippen molar-refractivity contribution < 1.29 is 8.42 Å². The number of hydrogen-bond donors (Lipinski definition) is 1. The molecule has 1 N–H and O–H groups in total. The highest BCUT2D eigenvalue weighted by Crippen LogP contribution is 2.13. The predicted octanol–water partition coefficient (Wildman–Crippen LogP) is 3.24. The molecular weight excluding hydrogens is 308 g/mol. The minimum Gasteiger partial charge on any atom is -0.200 e. The molecule has 2 aromatic carbocycles. The first-order valence-corrected chi connectivity index (χ1v) is 8.27. The van der Waals surface area contributed by atoms with Crippen LogP contribution in [-0.2, 0) is 16.4 Å². The SMILES string of the molecule is O=S(=O)(N/N=C/CCc1ccccc1)c1ccc(Cl)cc1. The minimum absolute atomic E-state index is 0.132. The molecule has 0 atom stereocenters. The number of hydrogen-bond acceptors (Lipinski definition) is 3. The maximum Gasteiger partial charge on any atom is 0.276 e. The molecule has 0 aliphatic heterocycles. The van der Waals surface area contributed by atoms with Crippen molar-refractivity contribution in [2.45, 2.75) is 17.7 Å². The van der Waals surface area contributed by atoms with Crippen molar-refractivity contribution in [2.24, 2.45) is 5.10 Å². The van der Waals surface area contributed by atoms with Crippen LogP contribution in [0.4, 0.5) is 0 Å². The molecule has 0 saturated carbocycles. The fourth-order valence-electron chi connectivity index (χ4n) is 1.71. The molecule has 4 nitrogen and oxygen atoms in total. The summed E-state index contributed by atoms with van der Waals surface area (Å²) in [5.74, 6) is 0. The number of hydrazone groups is 1. The van der Waals surface area contributed by atoms with Gasteiger partial charge < -0.3 is 0 Å². The summed E-state index contributed by atoms with van der Waals surface area (Å²) in [4.78, 5) is 2.31. The van der Waals surface area contributed by atoms with E-state index in [-0.39, 0.29) is 4.90 Å². The standard InChI is InChI=1S/C15H15ClN2O2S/c16-14-8-10-15(11-9-14)21(19,20)18-17-12-4-7-13-5-2-1-3-6-13/h1-3,5-6,8-12,18H,4,7H2/b17-12+. The van der Waals surface area contributed by atoms with Crippen LogP contribution in [0, 0.1) is 0 Å². The third-order valence-corrected chi connectivity index (χ3v) is 4.28. The van der Waals surface area contributed by atoms with Crippen molar-refractivity contribution in [3.05, 3.63) is 65.2 Å². The normalized spacial score (nSPS) is 11.7. The molecule has 2 aromatic rings. The average molecular weight is 323 g/mol. The Balaban J connectivity index is 1.87. The Labute approximate surface area is 129 Å². The molecule has 0 radical (unpaired) electrons. The van der Waals surface area contributed by atoms with E-state index in [1.165, 1.54) is 29.8 Å². The van der Waals surface area contributed by atoms with Crippen molar-refractivity contribution >= 4 is 27.8 Å². The molecule has 0 aromatic heterocycles. The summed E-state index contributed by atoms with van der Waals surface area (Å²) in [5, 5.41) is 4.25. The Morgan fingerprint density at radius 3 is 2.38 bits per heavy atom. The van der Waals surface area contributed by atoms with Gasteiger partial charge in [0.1, 0.15) is 0 Å². The van der Waals surface area contributed by atoms with Gasteiger partial charge in [-0.3, -0.25) is 0 Å². The fraction of sp³-hybridized carbons (Fsp3) is 0.133. The zero-order valence-electron chi connectivity index (χ0n) is 11.2. The van der Waals surface area contributed by atoms with Crippen molar-refractivity contribution in [3.8, 4) is 0 Å². The predicted molar refractivity (Wildman–Crippen MR) is 85.0 cm³/mol. The summed E-state index contributed by atoms with van der Waals surface area (Å²) < 4.78 is 23.8. The van der Waals surface area contributed by atoms with Gasteiger partial charge >= 0.3 is 0 Å². The van der Waals surface area contributed by atoms with E-state index in [0.29, 0.717) is 11.4 Å². The molecule has 0 saturated heterocycles. The smallest absolute Gasteiger partial charge is 0.200 e. The summed E-state index contributed by atoms with van der Waals surface area (Å²) in [6, 6.07) is 15.8. The van der Waals surface area contributed by atoms with Gasteiger partial charge in [-0.05, 0) is 42.7 Å². The van der Waals surface area contributed by atoms with Crippen LogP contribution in [0.25, 0.3) is 0 Å². The average Bonchev–Trinajstić information content (AvgIpc) is 2.48. The molecular formula is C15H15ClN2O2S. The molecule has 21 heavy (non-hydrogen) atoms. The second-order valence-corrected chi connectivity index (χ2v) is 6.48. The minimum atomic E-state index is -3.63. The van der Waals surface area contributed by atoms with Crippen LogP contribution < -0.4 is 4.83 Å². The van der Waals surface area contributed by atoms with Gasteiger partial charge in [0, 0.05) is 11.2 Å². The van der Waals surface area contributed by atoms with E-state index < -0.39 is 10.0 Å². The highest BCUT2D eigenvalue weighted by Gasteiger charge is 2.11. The number of halogens is 1. The Kier molecular flexibility index (Phi) is 5.36. The third-order valence-electron chi connectivity index (χ3n) is 2.79. The first-order valence-electron chi connectivity index (χ1n) is 6.41. The number of sulfonamides is 1. The van der Waals surface area contributed by atoms with E-state index in [2.05, 4.69) is 9.93 Å². The Bertz CT molecular complexity index is 698. The molecule has 0 fully saturated rings. The van der Waals surface area contributed by atoms with Gasteiger partial charge in [0.2, 0.25) is 0 Å². The third kappa shape index (κ3) is 4.88. The van der Waals surface area contributed by atoms with E-state index in [4.69, 9.17) is 11.6 Å². The topological polar surface area (TPSA) is 58.5 Å². The summed E-state index contributed by atoms with van der Waals surface area (Å²) >= 11 is 5.72. The van der Waals surface area contributed by atoms with E-state index >= 15 is 0 Å². The monoisotopic (exact) mass is 322 g/mol. The molecule has 0 bridgehead atoms. The van der Waals surface area contributed by atoms with Gasteiger partial charge in [-0.2, -0.15) is 13.5 Å². The van der Waals surface area contributed by atoms with Crippen LogP contribution in [0.15, 0.2) is 64.6 Å². The van der Waals surface area contributed by atoms with Crippen LogP contribution in [0.3, 0.4) is 0 Å². The van der Waals surface area contributed by atoms with E-state index in [0.717, 1.165) is 6.42 Å². The summed E-state index contributed by atoms with van der Waals surface area (Å²) in [6.07, 6.45) is 3.03. The quantitative estimate of drug-likeness (QED) is 0.655. The van der Waals surface area contributed by atoms with Gasteiger partial charge in [0.05, 0.1) is 4.90 Å². The first kappa shape index (κ1) is 15.5. The summed E-state index contributed by atoms with van der Waals surface area (Å²) in [6.45, 7) is 0. The highest BCUT2D eigenvalue weighted by atomic mass is 35.5. The van der Waals surface area contributed by atoms with Crippen LogP contribution in [0.2, 0.25) is 5.02 Å². The second kappa shape index (κ2) is 7.24. The number of nitrogens with zero attached hydrogens (tertiary/aromatic N) is 1. The lowest BCUT2D eigenvalue weighted by molar-refractivity contribution is 0.584. The zero-order chi connectivity index (χ0) is 15.1. The lowest BCUT2D eigenvalue weighted by atomic mass is 10.1. The molecule has 0 spiro atoms.